The van der Waals surface area contributed by atoms with Crippen molar-refractivity contribution >= 4 is 38.9 Å². The van der Waals surface area contributed by atoms with Gasteiger partial charge in [-0.3, -0.25) is 14.7 Å². The molecule has 2 aliphatic carbocycles. The van der Waals surface area contributed by atoms with Crippen molar-refractivity contribution < 1.29 is 13.2 Å². The molecule has 1 heterocycles. The van der Waals surface area contributed by atoms with E-state index in [1.807, 2.05) is 23.9 Å². The number of nitrogens with zero attached hydrogens (tertiary/aromatic N) is 3. The molecule has 10 heteroatoms. The second-order valence-electron chi connectivity index (χ2n) is 10.0. The third-order valence-electron chi connectivity index (χ3n) is 7.24. The summed E-state index contributed by atoms with van der Waals surface area (Å²) in [5, 5.41) is 10.6. The summed E-state index contributed by atoms with van der Waals surface area (Å²) in [6, 6.07) is 5.95. The van der Waals surface area contributed by atoms with Gasteiger partial charge in [0.1, 0.15) is 11.9 Å². The first-order valence-corrected chi connectivity index (χ1v) is 13.8. The first-order chi connectivity index (χ1) is 16.0. The fourth-order valence-electron chi connectivity index (χ4n) is 4.71. The first-order valence-electron chi connectivity index (χ1n) is 11.9. The van der Waals surface area contributed by atoms with E-state index in [0.29, 0.717) is 18.0 Å². The molecule has 1 saturated heterocycles. The lowest BCUT2D eigenvalue weighted by atomic mass is 9.94. The molecule has 4 rings (SSSR count). The van der Waals surface area contributed by atoms with Crippen LogP contribution in [0.25, 0.3) is 0 Å². The molecule has 2 atom stereocenters. The monoisotopic (exact) mass is 507 g/mol. The van der Waals surface area contributed by atoms with Crippen LogP contribution >= 0.6 is 11.6 Å². The van der Waals surface area contributed by atoms with Gasteiger partial charge in [-0.1, -0.05) is 23.7 Å². The molecule has 186 valence electrons. The number of hydrogen-bond acceptors (Lipinski definition) is 6. The summed E-state index contributed by atoms with van der Waals surface area (Å²) < 4.78 is 27.2. The van der Waals surface area contributed by atoms with E-state index in [4.69, 9.17) is 22.0 Å². The largest absolute Gasteiger partial charge is 0.347 e. The van der Waals surface area contributed by atoms with E-state index in [1.54, 1.807) is 25.1 Å². The SMILES string of the molecule is CC(=N)CC(=NC1CCC1)N1CC(S(=O)(=O)c2ccccc2Cl)CC1C(=O)NC1(N(C)C)CC1. The van der Waals surface area contributed by atoms with E-state index in [1.165, 1.54) is 6.07 Å². The van der Waals surface area contributed by atoms with E-state index in [2.05, 4.69) is 5.32 Å². The second-order valence-corrected chi connectivity index (χ2v) is 12.6. The van der Waals surface area contributed by atoms with Gasteiger partial charge in [-0.15, -0.1) is 0 Å². The molecule has 3 aliphatic rings. The van der Waals surface area contributed by atoms with E-state index in [-0.39, 0.29) is 40.5 Å². The Bertz CT molecular complexity index is 1100. The van der Waals surface area contributed by atoms with Crippen molar-refractivity contribution in [3.05, 3.63) is 29.3 Å². The normalized spacial score (nSPS) is 24.7. The molecule has 34 heavy (non-hydrogen) atoms. The zero-order valence-electron chi connectivity index (χ0n) is 20.1. The Morgan fingerprint density at radius 3 is 2.50 bits per heavy atom. The van der Waals surface area contributed by atoms with Gasteiger partial charge in [0.15, 0.2) is 9.84 Å². The number of nitrogens with one attached hydrogen (secondary N) is 2. The van der Waals surface area contributed by atoms with E-state index in [9.17, 15) is 13.2 Å². The number of amides is 1. The summed E-state index contributed by atoms with van der Waals surface area (Å²) in [5.41, 5.74) is 0.0622. The van der Waals surface area contributed by atoms with Crippen molar-refractivity contribution in [2.75, 3.05) is 20.6 Å². The zero-order chi connectivity index (χ0) is 24.7. The smallest absolute Gasteiger partial charge is 0.244 e. The predicted molar refractivity (Wildman–Crippen MR) is 134 cm³/mol. The number of rotatable bonds is 8. The molecule has 0 radical (unpaired) electrons. The van der Waals surface area contributed by atoms with Gasteiger partial charge in [-0.05, 0) is 71.7 Å². The molecule has 2 saturated carbocycles. The first kappa shape index (κ1) is 25.1. The zero-order valence-corrected chi connectivity index (χ0v) is 21.6. The van der Waals surface area contributed by atoms with Crippen LogP contribution in [0, 0.1) is 5.41 Å². The molecular weight excluding hydrogens is 474 g/mol. The lowest BCUT2D eigenvalue weighted by Gasteiger charge is -2.32. The van der Waals surface area contributed by atoms with Crippen molar-refractivity contribution in [2.45, 2.75) is 79.8 Å². The van der Waals surface area contributed by atoms with Gasteiger partial charge in [0, 0.05) is 18.7 Å². The van der Waals surface area contributed by atoms with Crippen molar-refractivity contribution in [1.82, 2.24) is 15.1 Å². The Balaban J connectivity index is 1.67. The third-order valence-corrected chi connectivity index (χ3v) is 9.87. The van der Waals surface area contributed by atoms with Crippen molar-refractivity contribution in [3.63, 3.8) is 0 Å². The van der Waals surface area contributed by atoms with E-state index in [0.717, 1.165) is 32.1 Å². The van der Waals surface area contributed by atoms with Crippen molar-refractivity contribution in [1.29, 1.82) is 5.41 Å². The van der Waals surface area contributed by atoms with Crippen molar-refractivity contribution in [2.24, 2.45) is 4.99 Å². The van der Waals surface area contributed by atoms with Crippen molar-refractivity contribution in [3.8, 4) is 0 Å². The Morgan fingerprint density at radius 2 is 1.97 bits per heavy atom. The van der Waals surface area contributed by atoms with Crippen LogP contribution in [0.1, 0.15) is 51.9 Å². The number of carbonyl (C=O) groups excluding carboxylic acids is 1. The average Bonchev–Trinajstić information content (AvgIpc) is 3.37. The molecule has 1 amide bonds. The second kappa shape index (κ2) is 9.59. The summed E-state index contributed by atoms with van der Waals surface area (Å²) >= 11 is 6.25. The van der Waals surface area contributed by atoms with Gasteiger partial charge in [-0.25, -0.2) is 8.42 Å². The Labute approximate surface area is 207 Å². The van der Waals surface area contributed by atoms with Gasteiger partial charge in [0.25, 0.3) is 0 Å². The minimum atomic E-state index is -3.77. The minimum absolute atomic E-state index is 0.0929. The molecular formula is C24H34ClN5O3S. The number of aliphatic imine (C=N–C) groups is 1. The van der Waals surface area contributed by atoms with E-state index >= 15 is 0 Å². The van der Waals surface area contributed by atoms with Crippen LogP contribution in [0.15, 0.2) is 34.2 Å². The molecule has 3 fully saturated rings. The van der Waals surface area contributed by atoms with Crippen LogP contribution in [0.2, 0.25) is 5.02 Å². The fourth-order valence-corrected chi connectivity index (χ4v) is 6.93. The quantitative estimate of drug-likeness (QED) is 0.319. The topological polar surface area (TPSA) is 106 Å². The van der Waals surface area contributed by atoms with Gasteiger partial charge in [0.2, 0.25) is 5.91 Å². The predicted octanol–water partition coefficient (Wildman–Crippen LogP) is 3.11. The van der Waals surface area contributed by atoms with Gasteiger partial charge >= 0.3 is 0 Å². The minimum Gasteiger partial charge on any atom is -0.347 e. The molecule has 0 bridgehead atoms. The number of carbonyl (C=O) groups is 1. The highest BCUT2D eigenvalue weighted by Crippen LogP contribution is 2.38. The maximum absolute atomic E-state index is 13.6. The molecule has 0 spiro atoms. The highest BCUT2D eigenvalue weighted by molar-refractivity contribution is 7.92. The van der Waals surface area contributed by atoms with Crippen LogP contribution < -0.4 is 5.32 Å². The lowest BCUT2D eigenvalue weighted by Crippen LogP contribution is -2.54. The summed E-state index contributed by atoms with van der Waals surface area (Å²) in [6.45, 7) is 1.87. The number of benzene rings is 1. The summed E-state index contributed by atoms with van der Waals surface area (Å²) in [5.74, 6) is 0.455. The van der Waals surface area contributed by atoms with Crippen LogP contribution in [-0.2, 0) is 14.6 Å². The highest BCUT2D eigenvalue weighted by atomic mass is 35.5. The number of likely N-dealkylation sites (tertiary alicyclic amines) is 1. The van der Waals surface area contributed by atoms with Gasteiger partial charge < -0.3 is 15.6 Å². The summed E-state index contributed by atoms with van der Waals surface area (Å²) in [6.07, 6.45) is 5.27. The standard InChI is InChI=1S/C24H34ClN5O3S/c1-16(26)13-22(27-17-7-6-8-17)30-15-18(34(32,33)21-10-5-4-9-19(21)25)14-20(30)23(31)28-24(11-12-24)29(2)3/h4-5,9-10,17-18,20,26H,6-8,11-15H2,1-3H3,(H,28,31). The van der Waals surface area contributed by atoms with Crippen LogP contribution in [0.3, 0.4) is 0 Å². The van der Waals surface area contributed by atoms with E-state index < -0.39 is 21.1 Å². The maximum Gasteiger partial charge on any atom is 0.244 e. The van der Waals surface area contributed by atoms with Crippen LogP contribution in [0.5, 0.6) is 0 Å². The maximum atomic E-state index is 13.6. The van der Waals surface area contributed by atoms with Gasteiger partial charge in [-0.2, -0.15) is 0 Å². The number of sulfone groups is 1. The third kappa shape index (κ3) is 5.02. The Morgan fingerprint density at radius 1 is 1.29 bits per heavy atom. The fraction of sp³-hybridized carbons (Fsp3) is 0.625. The Hall–Kier alpha value is -1.97. The Kier molecular flexibility index (Phi) is 7.09. The number of amidine groups is 1. The molecule has 0 aromatic heterocycles. The lowest BCUT2D eigenvalue weighted by molar-refractivity contribution is -0.126. The number of hydrogen-bond donors (Lipinski definition) is 2. The van der Waals surface area contributed by atoms with Gasteiger partial charge in [0.05, 0.1) is 26.9 Å². The molecule has 2 unspecified atom stereocenters. The highest BCUT2D eigenvalue weighted by Gasteiger charge is 2.50. The summed E-state index contributed by atoms with van der Waals surface area (Å²) in [4.78, 5) is 22.4. The molecule has 1 aromatic carbocycles. The van der Waals surface area contributed by atoms with Crippen LogP contribution in [-0.4, -0.2) is 79.3 Å². The molecule has 8 nitrogen and oxygen atoms in total. The average molecular weight is 508 g/mol. The number of halogens is 1. The van der Waals surface area contributed by atoms with Crippen LogP contribution in [0.4, 0.5) is 0 Å². The molecule has 2 N–H and O–H groups in total. The summed E-state index contributed by atoms with van der Waals surface area (Å²) in [7, 11) is 0.106. The molecule has 1 aromatic rings. The molecule has 1 aliphatic heterocycles.